The van der Waals surface area contributed by atoms with E-state index in [2.05, 4.69) is 4.72 Å². The van der Waals surface area contributed by atoms with Gasteiger partial charge in [0.25, 0.3) is 0 Å². The summed E-state index contributed by atoms with van der Waals surface area (Å²) in [7, 11) is -2.28. The minimum absolute atomic E-state index is 0.0943. The predicted molar refractivity (Wildman–Crippen MR) is 68.7 cm³/mol. The molecule has 6 nitrogen and oxygen atoms in total. The van der Waals surface area contributed by atoms with Gasteiger partial charge in [-0.2, -0.15) is 0 Å². The lowest BCUT2D eigenvalue weighted by Gasteiger charge is -2.17. The Labute approximate surface area is 107 Å². The summed E-state index contributed by atoms with van der Waals surface area (Å²) in [5.41, 5.74) is 6.57. The predicted octanol–water partition coefficient (Wildman–Crippen LogP) is -0.137. The van der Waals surface area contributed by atoms with Gasteiger partial charge >= 0.3 is 0 Å². The van der Waals surface area contributed by atoms with E-state index in [4.69, 9.17) is 15.6 Å². The number of benzene rings is 1. The average Bonchev–Trinajstić information content (AvgIpc) is 2.31. The summed E-state index contributed by atoms with van der Waals surface area (Å²) in [5, 5.41) is 9.06. The Balaban J connectivity index is 3.03. The fourth-order valence-corrected chi connectivity index (χ4v) is 3.02. The standard InChI is InChI=1S/C11H18N2O4S/c1-8-10(12)4-3-5-11(8)18(15,16)13-9(6-14)7-17-2/h3-5,9,13-14H,6-7,12H2,1-2H3. The molecule has 1 aromatic carbocycles. The van der Waals surface area contributed by atoms with Crippen molar-refractivity contribution >= 4 is 15.7 Å². The molecule has 7 heteroatoms. The number of sulfonamides is 1. The maximum absolute atomic E-state index is 12.1. The summed E-state index contributed by atoms with van der Waals surface area (Å²) < 4.78 is 31.4. The van der Waals surface area contributed by atoms with Crippen LogP contribution in [0.25, 0.3) is 0 Å². The number of methoxy groups -OCH3 is 1. The lowest BCUT2D eigenvalue weighted by atomic mass is 10.2. The molecule has 0 aliphatic heterocycles. The van der Waals surface area contributed by atoms with Gasteiger partial charge in [0.05, 0.1) is 24.2 Å². The Kier molecular flexibility index (Phi) is 5.09. The third-order valence-electron chi connectivity index (χ3n) is 2.53. The highest BCUT2D eigenvalue weighted by Crippen LogP contribution is 2.20. The van der Waals surface area contributed by atoms with Gasteiger partial charge in [-0.25, -0.2) is 13.1 Å². The largest absolute Gasteiger partial charge is 0.398 e. The highest BCUT2D eigenvalue weighted by atomic mass is 32.2. The Morgan fingerprint density at radius 1 is 1.50 bits per heavy atom. The van der Waals surface area contributed by atoms with E-state index < -0.39 is 16.1 Å². The summed E-state index contributed by atoms with van der Waals surface area (Å²) in [6, 6.07) is 3.99. The zero-order valence-electron chi connectivity index (χ0n) is 10.4. The number of nitrogens with one attached hydrogen (secondary N) is 1. The van der Waals surface area contributed by atoms with Crippen molar-refractivity contribution in [3.05, 3.63) is 23.8 Å². The molecule has 1 atom stereocenters. The van der Waals surface area contributed by atoms with Crippen LogP contribution in [0, 0.1) is 6.92 Å². The molecule has 0 amide bonds. The zero-order valence-corrected chi connectivity index (χ0v) is 11.2. The number of hydrogen-bond acceptors (Lipinski definition) is 5. The third kappa shape index (κ3) is 3.42. The maximum Gasteiger partial charge on any atom is 0.241 e. The molecule has 0 saturated heterocycles. The highest BCUT2D eigenvalue weighted by molar-refractivity contribution is 7.89. The number of anilines is 1. The van der Waals surface area contributed by atoms with Crippen LogP contribution in [-0.4, -0.2) is 39.9 Å². The van der Waals surface area contributed by atoms with Crippen LogP contribution in [0.1, 0.15) is 5.56 Å². The molecule has 102 valence electrons. The van der Waals surface area contributed by atoms with E-state index in [9.17, 15) is 8.42 Å². The van der Waals surface area contributed by atoms with E-state index in [0.29, 0.717) is 11.3 Å². The van der Waals surface area contributed by atoms with Gasteiger partial charge in [-0.05, 0) is 24.6 Å². The second kappa shape index (κ2) is 6.14. The van der Waals surface area contributed by atoms with Gasteiger partial charge in [-0.3, -0.25) is 0 Å². The second-order valence-electron chi connectivity index (χ2n) is 3.93. The molecular formula is C11H18N2O4S. The lowest BCUT2D eigenvalue weighted by molar-refractivity contribution is 0.139. The second-order valence-corrected chi connectivity index (χ2v) is 5.61. The first-order valence-corrected chi connectivity index (χ1v) is 6.88. The SMILES string of the molecule is COCC(CO)NS(=O)(=O)c1cccc(N)c1C. The van der Waals surface area contributed by atoms with Gasteiger partial charge in [0.15, 0.2) is 0 Å². The van der Waals surface area contributed by atoms with Gasteiger partial charge in [0.2, 0.25) is 10.0 Å². The van der Waals surface area contributed by atoms with Crippen molar-refractivity contribution in [2.75, 3.05) is 26.1 Å². The Morgan fingerprint density at radius 2 is 2.17 bits per heavy atom. The molecule has 0 saturated carbocycles. The van der Waals surface area contributed by atoms with E-state index in [0.717, 1.165) is 0 Å². The summed E-state index contributed by atoms with van der Waals surface area (Å²) in [4.78, 5) is 0.108. The van der Waals surface area contributed by atoms with Crippen molar-refractivity contribution in [3.8, 4) is 0 Å². The average molecular weight is 274 g/mol. The van der Waals surface area contributed by atoms with Crippen molar-refractivity contribution in [1.82, 2.24) is 4.72 Å². The van der Waals surface area contributed by atoms with Crippen LogP contribution in [0.2, 0.25) is 0 Å². The fraction of sp³-hybridized carbons (Fsp3) is 0.455. The van der Waals surface area contributed by atoms with E-state index in [1.807, 2.05) is 0 Å². The number of nitrogens with two attached hydrogens (primary N) is 1. The number of aliphatic hydroxyl groups excluding tert-OH is 1. The lowest BCUT2D eigenvalue weighted by Crippen LogP contribution is -2.40. The molecule has 0 heterocycles. The summed E-state index contributed by atoms with van der Waals surface area (Å²) in [5.74, 6) is 0. The van der Waals surface area contributed by atoms with Gasteiger partial charge in [0.1, 0.15) is 0 Å². The van der Waals surface area contributed by atoms with E-state index in [1.165, 1.54) is 13.2 Å². The van der Waals surface area contributed by atoms with Crippen LogP contribution in [0.4, 0.5) is 5.69 Å². The molecule has 1 rings (SSSR count). The topological polar surface area (TPSA) is 102 Å². The maximum atomic E-state index is 12.1. The minimum atomic E-state index is -3.72. The van der Waals surface area contributed by atoms with Crippen LogP contribution in [0.5, 0.6) is 0 Å². The molecule has 0 bridgehead atoms. The summed E-state index contributed by atoms with van der Waals surface area (Å²) >= 11 is 0. The Bertz CT molecular complexity index is 502. The van der Waals surface area contributed by atoms with E-state index >= 15 is 0 Å². The fourth-order valence-electron chi connectivity index (χ4n) is 1.53. The monoisotopic (exact) mass is 274 g/mol. The molecule has 4 N–H and O–H groups in total. The molecular weight excluding hydrogens is 256 g/mol. The van der Waals surface area contributed by atoms with Crippen molar-refractivity contribution in [3.63, 3.8) is 0 Å². The molecule has 0 aliphatic carbocycles. The van der Waals surface area contributed by atoms with Gasteiger partial charge in [0, 0.05) is 12.8 Å². The molecule has 1 aromatic rings. The Hall–Kier alpha value is -1.15. The van der Waals surface area contributed by atoms with E-state index in [1.54, 1.807) is 19.1 Å². The van der Waals surface area contributed by atoms with Crippen LogP contribution in [-0.2, 0) is 14.8 Å². The number of ether oxygens (including phenoxy) is 1. The summed E-state index contributed by atoms with van der Waals surface area (Å²) in [6.07, 6.45) is 0. The first-order chi connectivity index (χ1) is 8.42. The van der Waals surface area contributed by atoms with Gasteiger partial charge < -0.3 is 15.6 Å². The molecule has 1 unspecified atom stereocenters. The van der Waals surface area contributed by atoms with Crippen LogP contribution < -0.4 is 10.5 Å². The van der Waals surface area contributed by atoms with Gasteiger partial charge in [-0.15, -0.1) is 0 Å². The molecule has 0 radical (unpaired) electrons. The highest BCUT2D eigenvalue weighted by Gasteiger charge is 2.21. The van der Waals surface area contributed by atoms with Crippen molar-refractivity contribution < 1.29 is 18.3 Å². The zero-order chi connectivity index (χ0) is 13.8. The third-order valence-corrected chi connectivity index (χ3v) is 4.19. The smallest absolute Gasteiger partial charge is 0.241 e. The molecule has 18 heavy (non-hydrogen) atoms. The number of aliphatic hydroxyl groups is 1. The first kappa shape index (κ1) is 14.9. The van der Waals surface area contributed by atoms with Gasteiger partial charge in [-0.1, -0.05) is 6.07 Å². The number of hydrogen-bond donors (Lipinski definition) is 3. The van der Waals surface area contributed by atoms with Crippen LogP contribution in [0.3, 0.4) is 0 Å². The van der Waals surface area contributed by atoms with Crippen molar-refractivity contribution in [2.24, 2.45) is 0 Å². The minimum Gasteiger partial charge on any atom is -0.398 e. The summed E-state index contributed by atoms with van der Waals surface area (Å²) in [6.45, 7) is 1.39. The molecule has 0 spiro atoms. The number of rotatable bonds is 6. The first-order valence-electron chi connectivity index (χ1n) is 5.39. The van der Waals surface area contributed by atoms with Crippen LogP contribution in [0.15, 0.2) is 23.1 Å². The molecule has 0 aromatic heterocycles. The van der Waals surface area contributed by atoms with Crippen molar-refractivity contribution in [2.45, 2.75) is 17.9 Å². The number of nitrogen functional groups attached to an aromatic ring is 1. The Morgan fingerprint density at radius 3 is 2.72 bits per heavy atom. The quantitative estimate of drug-likeness (QED) is 0.627. The normalized spacial score (nSPS) is 13.5. The molecule has 0 fully saturated rings. The molecule has 0 aliphatic rings. The van der Waals surface area contributed by atoms with Crippen LogP contribution >= 0.6 is 0 Å². The van der Waals surface area contributed by atoms with E-state index in [-0.39, 0.29) is 18.1 Å². The van der Waals surface area contributed by atoms with Crippen molar-refractivity contribution in [1.29, 1.82) is 0 Å².